The lowest BCUT2D eigenvalue weighted by Crippen LogP contribution is -2.26. The van der Waals surface area contributed by atoms with Crippen molar-refractivity contribution in [3.63, 3.8) is 0 Å². The van der Waals surface area contributed by atoms with E-state index in [-0.39, 0.29) is 0 Å². The second kappa shape index (κ2) is 5.46. The molecule has 4 nitrogen and oxygen atoms in total. The topological polar surface area (TPSA) is 38.2 Å². The summed E-state index contributed by atoms with van der Waals surface area (Å²) in [6, 6.07) is 0.635. The van der Waals surface area contributed by atoms with Gasteiger partial charge in [-0.05, 0) is 32.9 Å². The molecule has 88 valence electrons. The van der Waals surface area contributed by atoms with Crippen LogP contribution in [-0.2, 0) is 0 Å². The highest BCUT2D eigenvalue weighted by Gasteiger charge is 2.20. The molecule has 2 rings (SSSR count). The summed E-state index contributed by atoms with van der Waals surface area (Å²) in [6.07, 6.45) is 6.70. The van der Waals surface area contributed by atoms with Crippen molar-refractivity contribution < 1.29 is 4.74 Å². The summed E-state index contributed by atoms with van der Waals surface area (Å²) in [4.78, 5) is 10.3. The smallest absolute Gasteiger partial charge is 0.252 e. The first-order valence-corrected chi connectivity index (χ1v) is 5.94. The van der Waals surface area contributed by atoms with Gasteiger partial charge in [0.15, 0.2) is 5.15 Å². The molecule has 0 spiro atoms. The Kier molecular flexibility index (Phi) is 3.96. The van der Waals surface area contributed by atoms with Gasteiger partial charge in [-0.25, -0.2) is 9.97 Å². The predicted molar refractivity (Wildman–Crippen MR) is 62.8 cm³/mol. The van der Waals surface area contributed by atoms with Crippen molar-refractivity contribution in [3.8, 4) is 5.88 Å². The largest absolute Gasteiger partial charge is 0.475 e. The van der Waals surface area contributed by atoms with Crippen LogP contribution in [0.4, 0.5) is 0 Å². The standard InChI is InChI=1S/C11H16ClN3O/c1-15-7-2-3-9(15)4-8-16-11-10(12)13-5-6-14-11/h5-6,9H,2-4,7-8H2,1H3. The van der Waals surface area contributed by atoms with Crippen LogP contribution in [0.15, 0.2) is 12.4 Å². The van der Waals surface area contributed by atoms with Gasteiger partial charge in [0.2, 0.25) is 0 Å². The Hall–Kier alpha value is -0.870. The van der Waals surface area contributed by atoms with Gasteiger partial charge in [0, 0.05) is 18.4 Å². The molecule has 1 unspecified atom stereocenters. The minimum absolute atomic E-state index is 0.335. The fourth-order valence-corrected chi connectivity index (χ4v) is 2.20. The van der Waals surface area contributed by atoms with Crippen molar-refractivity contribution in [3.05, 3.63) is 17.5 Å². The summed E-state index contributed by atoms with van der Waals surface area (Å²) in [5.41, 5.74) is 0. The Labute approximate surface area is 101 Å². The van der Waals surface area contributed by atoms with Gasteiger partial charge in [-0.1, -0.05) is 11.6 Å². The van der Waals surface area contributed by atoms with Crippen LogP contribution in [-0.4, -0.2) is 41.1 Å². The molecule has 16 heavy (non-hydrogen) atoms. The fourth-order valence-electron chi connectivity index (χ4n) is 2.04. The van der Waals surface area contributed by atoms with Crippen LogP contribution in [0.5, 0.6) is 5.88 Å². The SMILES string of the molecule is CN1CCCC1CCOc1nccnc1Cl. The molecule has 1 aliphatic heterocycles. The molecule has 1 aromatic heterocycles. The Bertz CT molecular complexity index is 348. The maximum absolute atomic E-state index is 5.84. The third-order valence-electron chi connectivity index (χ3n) is 2.98. The van der Waals surface area contributed by atoms with E-state index in [1.54, 1.807) is 12.4 Å². The zero-order valence-corrected chi connectivity index (χ0v) is 10.2. The quantitative estimate of drug-likeness (QED) is 0.808. The zero-order chi connectivity index (χ0) is 11.4. The first-order valence-electron chi connectivity index (χ1n) is 5.57. The molecule has 5 heteroatoms. The van der Waals surface area contributed by atoms with E-state index in [2.05, 4.69) is 21.9 Å². The third kappa shape index (κ3) is 2.83. The summed E-state index contributed by atoms with van der Waals surface area (Å²) in [5.74, 6) is 0.435. The molecule has 0 aliphatic carbocycles. The number of likely N-dealkylation sites (tertiary alicyclic amines) is 1. The molecule has 0 amide bonds. The highest BCUT2D eigenvalue weighted by molar-refractivity contribution is 6.30. The number of aromatic nitrogens is 2. The summed E-state index contributed by atoms with van der Waals surface area (Å²) in [7, 11) is 2.16. The number of hydrogen-bond donors (Lipinski definition) is 0. The first kappa shape index (κ1) is 11.6. The van der Waals surface area contributed by atoms with Crippen molar-refractivity contribution in [2.75, 3.05) is 20.2 Å². The molecule has 1 saturated heterocycles. The number of halogens is 1. The molecule has 0 saturated carbocycles. The van der Waals surface area contributed by atoms with Crippen LogP contribution in [0.2, 0.25) is 5.15 Å². The second-order valence-electron chi connectivity index (χ2n) is 4.07. The average molecular weight is 242 g/mol. The highest BCUT2D eigenvalue weighted by Crippen LogP contribution is 2.20. The van der Waals surface area contributed by atoms with Gasteiger partial charge in [-0.2, -0.15) is 0 Å². The number of hydrogen-bond acceptors (Lipinski definition) is 4. The van der Waals surface area contributed by atoms with Gasteiger partial charge in [-0.3, -0.25) is 0 Å². The van der Waals surface area contributed by atoms with Crippen molar-refractivity contribution >= 4 is 11.6 Å². The highest BCUT2D eigenvalue weighted by atomic mass is 35.5. The molecule has 1 atom stereocenters. The van der Waals surface area contributed by atoms with Gasteiger partial charge < -0.3 is 9.64 Å². The lowest BCUT2D eigenvalue weighted by atomic mass is 10.1. The van der Waals surface area contributed by atoms with Crippen molar-refractivity contribution in [2.45, 2.75) is 25.3 Å². The predicted octanol–water partition coefficient (Wildman–Crippen LogP) is 1.99. The van der Waals surface area contributed by atoms with Crippen LogP contribution in [0.25, 0.3) is 0 Å². The third-order valence-corrected chi connectivity index (χ3v) is 3.24. The lowest BCUT2D eigenvalue weighted by molar-refractivity contribution is 0.228. The molecule has 0 bridgehead atoms. The van der Waals surface area contributed by atoms with E-state index in [1.807, 2.05) is 0 Å². The van der Waals surface area contributed by atoms with Crippen LogP contribution in [0.1, 0.15) is 19.3 Å². The van der Waals surface area contributed by atoms with Gasteiger partial charge in [0.05, 0.1) is 6.61 Å². The van der Waals surface area contributed by atoms with Crippen molar-refractivity contribution in [2.24, 2.45) is 0 Å². The Morgan fingerprint density at radius 1 is 1.50 bits per heavy atom. The molecule has 0 radical (unpaired) electrons. The number of rotatable bonds is 4. The van der Waals surface area contributed by atoms with E-state index < -0.39 is 0 Å². The zero-order valence-electron chi connectivity index (χ0n) is 9.40. The van der Waals surface area contributed by atoms with E-state index in [1.165, 1.54) is 19.4 Å². The fraction of sp³-hybridized carbons (Fsp3) is 0.636. The molecule has 0 aromatic carbocycles. The molecule has 2 heterocycles. The maximum atomic E-state index is 5.84. The van der Waals surface area contributed by atoms with Crippen LogP contribution in [0, 0.1) is 0 Å². The summed E-state index contributed by atoms with van der Waals surface area (Å²) in [6.45, 7) is 1.84. The summed E-state index contributed by atoms with van der Waals surface area (Å²) < 4.78 is 5.51. The van der Waals surface area contributed by atoms with Gasteiger partial charge in [-0.15, -0.1) is 0 Å². The van der Waals surface area contributed by atoms with Gasteiger partial charge in [0.1, 0.15) is 0 Å². The molecule has 1 fully saturated rings. The maximum Gasteiger partial charge on any atom is 0.252 e. The Morgan fingerprint density at radius 3 is 3.00 bits per heavy atom. The monoisotopic (exact) mass is 241 g/mol. The van der Waals surface area contributed by atoms with Crippen LogP contribution in [0.3, 0.4) is 0 Å². The molecular weight excluding hydrogens is 226 g/mol. The molecule has 1 aliphatic rings. The molecular formula is C11H16ClN3O. The van der Waals surface area contributed by atoms with Gasteiger partial charge >= 0.3 is 0 Å². The number of nitrogens with zero attached hydrogens (tertiary/aromatic N) is 3. The lowest BCUT2D eigenvalue weighted by Gasteiger charge is -2.19. The van der Waals surface area contributed by atoms with Crippen LogP contribution < -0.4 is 4.74 Å². The average Bonchev–Trinajstić information content (AvgIpc) is 2.67. The van der Waals surface area contributed by atoms with E-state index in [0.717, 1.165) is 6.42 Å². The normalized spacial score (nSPS) is 21.2. The van der Waals surface area contributed by atoms with Crippen LogP contribution >= 0.6 is 11.6 Å². The van der Waals surface area contributed by atoms with E-state index in [0.29, 0.717) is 23.7 Å². The Morgan fingerprint density at radius 2 is 2.31 bits per heavy atom. The van der Waals surface area contributed by atoms with Gasteiger partial charge in [0.25, 0.3) is 5.88 Å². The van der Waals surface area contributed by atoms with E-state index >= 15 is 0 Å². The molecule has 1 aromatic rings. The summed E-state index contributed by atoms with van der Waals surface area (Å²) >= 11 is 5.84. The number of ether oxygens (including phenoxy) is 1. The Balaban J connectivity index is 1.78. The second-order valence-corrected chi connectivity index (χ2v) is 4.42. The minimum atomic E-state index is 0.335. The molecule has 0 N–H and O–H groups in total. The summed E-state index contributed by atoms with van der Waals surface area (Å²) in [5, 5.41) is 0.335. The van der Waals surface area contributed by atoms with Crippen molar-refractivity contribution in [1.29, 1.82) is 0 Å². The van der Waals surface area contributed by atoms with Crippen molar-refractivity contribution in [1.82, 2.24) is 14.9 Å². The van der Waals surface area contributed by atoms with E-state index in [9.17, 15) is 0 Å². The minimum Gasteiger partial charge on any atom is -0.475 e. The van der Waals surface area contributed by atoms with E-state index in [4.69, 9.17) is 16.3 Å². The first-order chi connectivity index (χ1) is 7.77.